The van der Waals surface area contributed by atoms with Gasteiger partial charge in [-0.15, -0.1) is 0 Å². The average molecular weight is 396 g/mol. The van der Waals surface area contributed by atoms with E-state index in [1.165, 1.54) is 11.1 Å². The van der Waals surface area contributed by atoms with Crippen LogP contribution in [0.4, 0.5) is 5.82 Å². The molecule has 29 heavy (non-hydrogen) atoms. The van der Waals surface area contributed by atoms with Crippen molar-refractivity contribution in [3.8, 4) is 0 Å². The summed E-state index contributed by atoms with van der Waals surface area (Å²) < 4.78 is 5.61. The monoisotopic (exact) mass is 395 g/mol. The molecule has 6 heteroatoms. The summed E-state index contributed by atoms with van der Waals surface area (Å²) in [5, 5.41) is 3.39. The zero-order valence-electron chi connectivity index (χ0n) is 18.1. The summed E-state index contributed by atoms with van der Waals surface area (Å²) in [5.41, 5.74) is 3.66. The maximum absolute atomic E-state index is 5.61. The van der Waals surface area contributed by atoms with E-state index in [-0.39, 0.29) is 6.10 Å². The maximum Gasteiger partial charge on any atom is 0.194 e. The number of ether oxygens (including phenoxy) is 1. The fourth-order valence-corrected chi connectivity index (χ4v) is 3.40. The van der Waals surface area contributed by atoms with Crippen molar-refractivity contribution in [3.05, 3.63) is 59.3 Å². The van der Waals surface area contributed by atoms with E-state index in [4.69, 9.17) is 9.73 Å². The Morgan fingerprint density at radius 1 is 1.24 bits per heavy atom. The third kappa shape index (κ3) is 6.19. The molecular formula is C23H33N5O. The SMILES string of the molecule is CCNC(=NCc1ccc(N2CCOC(C)C2)nc1)N(C)Cc1ccc(C)cc1. The highest BCUT2D eigenvalue weighted by Crippen LogP contribution is 2.16. The van der Waals surface area contributed by atoms with Gasteiger partial charge in [-0.05, 0) is 38.0 Å². The molecule has 0 spiro atoms. The summed E-state index contributed by atoms with van der Waals surface area (Å²) >= 11 is 0. The van der Waals surface area contributed by atoms with Crippen LogP contribution < -0.4 is 10.2 Å². The van der Waals surface area contributed by atoms with E-state index in [0.29, 0.717) is 6.54 Å². The molecule has 1 saturated heterocycles. The molecule has 156 valence electrons. The van der Waals surface area contributed by atoms with Crippen molar-refractivity contribution in [2.24, 2.45) is 4.99 Å². The van der Waals surface area contributed by atoms with Crippen LogP contribution in [0.5, 0.6) is 0 Å². The van der Waals surface area contributed by atoms with Crippen LogP contribution in [0.25, 0.3) is 0 Å². The Bertz CT molecular complexity index is 788. The predicted molar refractivity (Wildman–Crippen MR) is 119 cm³/mol. The number of morpholine rings is 1. The van der Waals surface area contributed by atoms with E-state index in [1.807, 2.05) is 6.20 Å². The summed E-state index contributed by atoms with van der Waals surface area (Å²) in [6.45, 7) is 11.1. The molecular weight excluding hydrogens is 362 g/mol. The van der Waals surface area contributed by atoms with Gasteiger partial charge in [-0.2, -0.15) is 0 Å². The zero-order valence-corrected chi connectivity index (χ0v) is 18.1. The van der Waals surface area contributed by atoms with Crippen molar-refractivity contribution >= 4 is 11.8 Å². The third-order valence-corrected chi connectivity index (χ3v) is 5.02. The number of hydrogen-bond acceptors (Lipinski definition) is 4. The zero-order chi connectivity index (χ0) is 20.6. The summed E-state index contributed by atoms with van der Waals surface area (Å²) in [6.07, 6.45) is 2.18. The van der Waals surface area contributed by atoms with Crippen LogP contribution in [0.1, 0.15) is 30.5 Å². The van der Waals surface area contributed by atoms with Gasteiger partial charge >= 0.3 is 0 Å². The molecule has 1 aliphatic heterocycles. The Kier molecular flexibility index (Phi) is 7.47. The van der Waals surface area contributed by atoms with Crippen molar-refractivity contribution in [2.45, 2.75) is 40.0 Å². The van der Waals surface area contributed by atoms with Gasteiger partial charge in [0.25, 0.3) is 0 Å². The lowest BCUT2D eigenvalue weighted by molar-refractivity contribution is 0.0529. The van der Waals surface area contributed by atoms with Gasteiger partial charge in [-0.1, -0.05) is 35.9 Å². The molecule has 0 radical (unpaired) electrons. The molecule has 0 bridgehead atoms. The second kappa shape index (κ2) is 10.3. The Hall–Kier alpha value is -2.60. The molecule has 1 aliphatic rings. The number of hydrogen-bond donors (Lipinski definition) is 1. The summed E-state index contributed by atoms with van der Waals surface area (Å²) in [5.74, 6) is 1.91. The minimum absolute atomic E-state index is 0.251. The number of nitrogens with zero attached hydrogens (tertiary/aromatic N) is 4. The molecule has 1 aromatic heterocycles. The molecule has 0 amide bonds. The number of pyridine rings is 1. The molecule has 1 atom stereocenters. The van der Waals surface area contributed by atoms with Crippen LogP contribution in [0, 0.1) is 6.92 Å². The largest absolute Gasteiger partial charge is 0.375 e. The second-order valence-corrected chi connectivity index (χ2v) is 7.66. The highest BCUT2D eigenvalue weighted by atomic mass is 16.5. The van der Waals surface area contributed by atoms with Crippen molar-refractivity contribution in [1.82, 2.24) is 15.2 Å². The quantitative estimate of drug-likeness (QED) is 0.601. The lowest BCUT2D eigenvalue weighted by Crippen LogP contribution is -2.41. The van der Waals surface area contributed by atoms with E-state index in [2.05, 4.69) is 84.3 Å². The van der Waals surface area contributed by atoms with Crippen molar-refractivity contribution < 1.29 is 4.74 Å². The van der Waals surface area contributed by atoms with Crippen LogP contribution in [0.3, 0.4) is 0 Å². The number of rotatable bonds is 6. The molecule has 6 nitrogen and oxygen atoms in total. The first-order valence-electron chi connectivity index (χ1n) is 10.4. The Morgan fingerprint density at radius 3 is 2.66 bits per heavy atom. The van der Waals surface area contributed by atoms with Gasteiger partial charge in [0.1, 0.15) is 5.82 Å². The minimum atomic E-state index is 0.251. The highest BCUT2D eigenvalue weighted by molar-refractivity contribution is 5.79. The van der Waals surface area contributed by atoms with Crippen LogP contribution in [-0.2, 0) is 17.8 Å². The topological polar surface area (TPSA) is 53.0 Å². The molecule has 1 unspecified atom stereocenters. The number of guanidine groups is 1. The summed E-state index contributed by atoms with van der Waals surface area (Å²) in [4.78, 5) is 13.9. The molecule has 1 aromatic carbocycles. The van der Waals surface area contributed by atoms with Crippen molar-refractivity contribution in [2.75, 3.05) is 38.2 Å². The molecule has 1 fully saturated rings. The van der Waals surface area contributed by atoms with E-state index < -0.39 is 0 Å². The van der Waals surface area contributed by atoms with Gasteiger partial charge in [-0.3, -0.25) is 0 Å². The van der Waals surface area contributed by atoms with E-state index in [0.717, 1.165) is 50.1 Å². The number of benzene rings is 1. The first-order chi connectivity index (χ1) is 14.0. The third-order valence-electron chi connectivity index (χ3n) is 5.02. The standard InChI is InChI=1S/C23H33N5O/c1-5-24-23(27(4)17-20-8-6-18(2)7-9-20)26-15-21-10-11-22(25-14-21)28-12-13-29-19(3)16-28/h6-11,14,19H,5,12-13,15-17H2,1-4H3,(H,24,26). The smallest absolute Gasteiger partial charge is 0.194 e. The molecule has 3 rings (SSSR count). The highest BCUT2D eigenvalue weighted by Gasteiger charge is 2.17. The van der Waals surface area contributed by atoms with Gasteiger partial charge in [0.2, 0.25) is 0 Å². The fraction of sp³-hybridized carbons (Fsp3) is 0.478. The van der Waals surface area contributed by atoms with Crippen LogP contribution in [-0.4, -0.2) is 55.2 Å². The fourth-order valence-electron chi connectivity index (χ4n) is 3.40. The van der Waals surface area contributed by atoms with Gasteiger partial charge in [0, 0.05) is 39.4 Å². The lowest BCUT2D eigenvalue weighted by Gasteiger charge is -2.32. The van der Waals surface area contributed by atoms with Crippen molar-refractivity contribution in [3.63, 3.8) is 0 Å². The number of aryl methyl sites for hydroxylation is 1. The Balaban J connectivity index is 1.62. The number of anilines is 1. The number of aromatic nitrogens is 1. The first kappa shape index (κ1) is 21.1. The minimum Gasteiger partial charge on any atom is -0.375 e. The second-order valence-electron chi connectivity index (χ2n) is 7.66. The Labute approximate surface area is 174 Å². The predicted octanol–water partition coefficient (Wildman–Crippen LogP) is 3.21. The molecule has 1 N–H and O–H groups in total. The van der Waals surface area contributed by atoms with Gasteiger partial charge < -0.3 is 19.9 Å². The van der Waals surface area contributed by atoms with Gasteiger partial charge in [0.15, 0.2) is 5.96 Å². The van der Waals surface area contributed by atoms with E-state index >= 15 is 0 Å². The summed E-state index contributed by atoms with van der Waals surface area (Å²) in [6, 6.07) is 12.8. The summed E-state index contributed by atoms with van der Waals surface area (Å²) in [7, 11) is 2.07. The molecule has 0 aliphatic carbocycles. The average Bonchev–Trinajstić information content (AvgIpc) is 2.73. The molecule has 2 aromatic rings. The van der Waals surface area contributed by atoms with Crippen LogP contribution in [0.2, 0.25) is 0 Å². The number of nitrogens with one attached hydrogen (secondary N) is 1. The lowest BCUT2D eigenvalue weighted by atomic mass is 10.1. The van der Waals surface area contributed by atoms with E-state index in [9.17, 15) is 0 Å². The molecule has 0 saturated carbocycles. The molecule has 2 heterocycles. The maximum atomic E-state index is 5.61. The van der Waals surface area contributed by atoms with Crippen molar-refractivity contribution in [1.29, 1.82) is 0 Å². The number of aliphatic imine (C=N–C) groups is 1. The van der Waals surface area contributed by atoms with Gasteiger partial charge in [0.05, 0.1) is 19.3 Å². The van der Waals surface area contributed by atoms with Gasteiger partial charge in [-0.25, -0.2) is 9.98 Å². The van der Waals surface area contributed by atoms with Crippen LogP contribution >= 0.6 is 0 Å². The Morgan fingerprint density at radius 2 is 2.00 bits per heavy atom. The normalized spacial score (nSPS) is 17.3. The first-order valence-corrected chi connectivity index (χ1v) is 10.4. The van der Waals surface area contributed by atoms with Crippen LogP contribution in [0.15, 0.2) is 47.6 Å². The van der Waals surface area contributed by atoms with E-state index in [1.54, 1.807) is 0 Å².